The van der Waals surface area contributed by atoms with Gasteiger partial charge in [-0.2, -0.15) is 4.57 Å². The topological polar surface area (TPSA) is 16.2 Å². The van der Waals surface area contributed by atoms with Crippen molar-refractivity contribution in [1.82, 2.24) is 0 Å². The Balaban J connectivity index is 2.16. The van der Waals surface area contributed by atoms with E-state index < -0.39 is 0 Å². The molecule has 2 heteroatoms. The molecule has 3 rings (SSSR count). The third kappa shape index (κ3) is 2.50. The quantitative estimate of drug-likeness (QED) is 0.561. The van der Waals surface area contributed by atoms with Gasteiger partial charge in [-0.25, -0.2) is 0 Å². The zero-order chi connectivity index (χ0) is 15.5. The highest BCUT2D eigenvalue weighted by Crippen LogP contribution is 2.42. The van der Waals surface area contributed by atoms with Crippen molar-refractivity contribution in [3.05, 3.63) is 66.5 Å². The average molecular weight is 291 g/mol. The Hall–Kier alpha value is -2.22. The monoisotopic (exact) mass is 291 g/mol. The maximum absolute atomic E-state index is 4.05. The second-order valence-electron chi connectivity index (χ2n) is 5.97. The molecule has 0 aliphatic carbocycles. The van der Waals surface area contributed by atoms with Gasteiger partial charge in [0.1, 0.15) is 0 Å². The summed E-state index contributed by atoms with van der Waals surface area (Å²) in [5, 5.41) is 0. The molecule has 1 aliphatic heterocycles. The van der Waals surface area contributed by atoms with Gasteiger partial charge in [0, 0.05) is 29.3 Å². The lowest BCUT2D eigenvalue weighted by Gasteiger charge is -2.30. The van der Waals surface area contributed by atoms with Gasteiger partial charge in [0.15, 0.2) is 12.2 Å². The molecule has 0 amide bonds. The number of nitrogens with zero attached hydrogens (tertiary/aromatic N) is 2. The molecule has 2 unspecified atom stereocenters. The molecule has 0 saturated heterocycles. The van der Waals surface area contributed by atoms with E-state index in [0.717, 1.165) is 12.1 Å². The summed E-state index contributed by atoms with van der Waals surface area (Å²) >= 11 is 0. The molecule has 0 fully saturated rings. The predicted octanol–water partition coefficient (Wildman–Crippen LogP) is 4.68. The first kappa shape index (κ1) is 14.7. The van der Waals surface area contributed by atoms with Crippen LogP contribution in [-0.2, 0) is 0 Å². The molecule has 0 saturated carbocycles. The summed E-state index contributed by atoms with van der Waals surface area (Å²) in [5.41, 5.74) is 4.97. The van der Waals surface area contributed by atoms with Crippen LogP contribution in [0.5, 0.6) is 0 Å². The molecule has 112 valence electrons. The summed E-state index contributed by atoms with van der Waals surface area (Å²) < 4.78 is 2.40. The van der Waals surface area contributed by atoms with Crippen molar-refractivity contribution in [3.8, 4) is 11.3 Å². The maximum atomic E-state index is 4.05. The summed E-state index contributed by atoms with van der Waals surface area (Å²) in [5.74, 6) is 0.500. The molecule has 1 aromatic heterocycles. The maximum Gasteiger partial charge on any atom is 0.213 e. The Labute approximate surface area is 132 Å². The Morgan fingerprint density at radius 1 is 1.18 bits per heavy atom. The number of aromatic nitrogens is 1. The first-order valence-electron chi connectivity index (χ1n) is 8.00. The Kier molecular flexibility index (Phi) is 4.19. The molecule has 22 heavy (non-hydrogen) atoms. The molecular weight excluding hydrogens is 268 g/mol. The third-order valence-electron chi connectivity index (χ3n) is 4.62. The largest absolute Gasteiger partial charge is 0.269 e. The number of aliphatic imine (C=N–C) groups is 1. The fourth-order valence-electron chi connectivity index (χ4n) is 3.63. The molecule has 1 aromatic carbocycles. The minimum absolute atomic E-state index is 0.365. The number of allylic oxidation sites excluding steroid dienone is 1. The number of fused-ring (bicyclic) bond motifs is 3. The summed E-state index contributed by atoms with van der Waals surface area (Å²) in [4.78, 5) is 4.05. The number of hydrogen-bond acceptors (Lipinski definition) is 1. The highest BCUT2D eigenvalue weighted by atomic mass is 15.0. The van der Waals surface area contributed by atoms with E-state index in [0.29, 0.717) is 12.0 Å². The molecule has 0 spiro atoms. The van der Waals surface area contributed by atoms with Crippen LogP contribution in [0.25, 0.3) is 11.3 Å². The van der Waals surface area contributed by atoms with E-state index in [2.05, 4.69) is 78.4 Å². The number of pyridine rings is 1. The zero-order valence-electron chi connectivity index (χ0n) is 13.2. The Bertz CT molecular complexity index is 702. The van der Waals surface area contributed by atoms with Crippen LogP contribution in [0, 0.1) is 0 Å². The lowest BCUT2D eigenvalue weighted by Crippen LogP contribution is -2.47. The summed E-state index contributed by atoms with van der Waals surface area (Å²) in [7, 11) is 0. The zero-order valence-corrected chi connectivity index (χ0v) is 13.2. The lowest BCUT2D eigenvalue weighted by atomic mass is 9.79. The molecule has 2 nitrogen and oxygen atoms in total. The van der Waals surface area contributed by atoms with Crippen molar-refractivity contribution in [2.24, 2.45) is 4.99 Å². The number of benzene rings is 1. The van der Waals surface area contributed by atoms with Crippen LogP contribution >= 0.6 is 0 Å². The van der Waals surface area contributed by atoms with Crippen LogP contribution in [0.15, 0.2) is 65.9 Å². The molecule has 0 radical (unpaired) electrons. The second kappa shape index (κ2) is 6.27. The van der Waals surface area contributed by atoms with Crippen LogP contribution in [0.4, 0.5) is 0 Å². The van der Waals surface area contributed by atoms with E-state index in [4.69, 9.17) is 0 Å². The van der Waals surface area contributed by atoms with Crippen molar-refractivity contribution >= 4 is 6.72 Å². The van der Waals surface area contributed by atoms with Gasteiger partial charge in [0.25, 0.3) is 0 Å². The Morgan fingerprint density at radius 3 is 2.73 bits per heavy atom. The fourth-order valence-corrected chi connectivity index (χ4v) is 3.63. The van der Waals surface area contributed by atoms with Crippen molar-refractivity contribution in [2.45, 2.75) is 38.1 Å². The minimum atomic E-state index is 0.365. The second-order valence-corrected chi connectivity index (χ2v) is 5.97. The van der Waals surface area contributed by atoms with E-state index in [1.165, 1.54) is 29.7 Å². The average Bonchev–Trinajstić information content (AvgIpc) is 2.57. The van der Waals surface area contributed by atoms with Crippen molar-refractivity contribution in [1.29, 1.82) is 0 Å². The fraction of sp³-hybridized carbons (Fsp3) is 0.300. The van der Waals surface area contributed by atoms with Crippen molar-refractivity contribution in [2.75, 3.05) is 0 Å². The lowest BCUT2D eigenvalue weighted by molar-refractivity contribution is -0.718. The van der Waals surface area contributed by atoms with E-state index in [-0.39, 0.29) is 0 Å². The summed E-state index contributed by atoms with van der Waals surface area (Å²) in [6.45, 7) is 9.94. The summed E-state index contributed by atoms with van der Waals surface area (Å²) in [6.07, 6.45) is 5.39. The van der Waals surface area contributed by atoms with E-state index >= 15 is 0 Å². The summed E-state index contributed by atoms with van der Waals surface area (Å²) in [6, 6.07) is 15.6. The van der Waals surface area contributed by atoms with Crippen LogP contribution in [0.2, 0.25) is 0 Å². The number of rotatable bonds is 5. The van der Waals surface area contributed by atoms with Gasteiger partial charge in [-0.05, 0) is 30.8 Å². The smallest absolute Gasteiger partial charge is 0.213 e. The van der Waals surface area contributed by atoms with Gasteiger partial charge < -0.3 is 0 Å². The normalized spacial score (nSPS) is 19.1. The van der Waals surface area contributed by atoms with Gasteiger partial charge in [0.2, 0.25) is 5.69 Å². The minimum Gasteiger partial charge on any atom is -0.269 e. The predicted molar refractivity (Wildman–Crippen MR) is 92.1 cm³/mol. The highest BCUT2D eigenvalue weighted by molar-refractivity contribution is 5.63. The molecule has 0 N–H and O–H groups in total. The van der Waals surface area contributed by atoms with Gasteiger partial charge in [-0.15, -0.1) is 0 Å². The SMILES string of the molecule is C=NC(=C)CC1C(CCC)c2ccccc2-c2cccc[n+]21. The van der Waals surface area contributed by atoms with Crippen LogP contribution in [0.1, 0.15) is 43.7 Å². The molecule has 2 heterocycles. The van der Waals surface area contributed by atoms with Crippen molar-refractivity contribution in [3.63, 3.8) is 0 Å². The standard InChI is InChI=1S/C20H23N2/c1-4-9-17-16-10-5-6-11-18(16)19-12-7-8-13-22(19)20(17)14-15(2)21-3/h5-8,10-13,17,20H,2-4,9,14H2,1H3/q+1. The van der Waals surface area contributed by atoms with Gasteiger partial charge in [0.05, 0.1) is 6.42 Å². The van der Waals surface area contributed by atoms with E-state index in [1.807, 2.05) is 0 Å². The van der Waals surface area contributed by atoms with Crippen molar-refractivity contribution < 1.29 is 4.57 Å². The first-order valence-corrected chi connectivity index (χ1v) is 8.00. The van der Waals surface area contributed by atoms with Crippen LogP contribution in [0.3, 0.4) is 0 Å². The highest BCUT2D eigenvalue weighted by Gasteiger charge is 2.39. The molecular formula is C20H23N2+. The third-order valence-corrected chi connectivity index (χ3v) is 4.62. The first-order chi connectivity index (χ1) is 10.8. The number of hydrogen-bond donors (Lipinski definition) is 0. The van der Waals surface area contributed by atoms with Crippen LogP contribution in [-0.4, -0.2) is 6.72 Å². The van der Waals surface area contributed by atoms with Gasteiger partial charge in [-0.1, -0.05) is 38.1 Å². The van der Waals surface area contributed by atoms with Crippen LogP contribution < -0.4 is 4.57 Å². The van der Waals surface area contributed by atoms with E-state index in [9.17, 15) is 0 Å². The van der Waals surface area contributed by atoms with Gasteiger partial charge in [-0.3, -0.25) is 4.99 Å². The molecule has 2 atom stereocenters. The molecule has 1 aliphatic rings. The Morgan fingerprint density at radius 2 is 1.95 bits per heavy atom. The molecule has 2 aromatic rings. The van der Waals surface area contributed by atoms with Gasteiger partial charge >= 0.3 is 0 Å². The molecule has 0 bridgehead atoms. The van der Waals surface area contributed by atoms with E-state index in [1.54, 1.807) is 0 Å².